The molecule has 0 unspecified atom stereocenters. The van der Waals surface area contributed by atoms with Gasteiger partial charge in [-0.25, -0.2) is 5.43 Å². The molecule has 0 atom stereocenters. The van der Waals surface area contributed by atoms with Crippen LogP contribution in [0.15, 0.2) is 84.0 Å². The lowest BCUT2D eigenvalue weighted by Gasteiger charge is -2.05. The Morgan fingerprint density at radius 3 is 2.26 bits per heavy atom. The highest BCUT2D eigenvalue weighted by atomic mass is 35.5. The van der Waals surface area contributed by atoms with Gasteiger partial charge in [0.2, 0.25) is 0 Å². The van der Waals surface area contributed by atoms with E-state index in [4.69, 9.17) is 23.2 Å². The number of halogens is 2. The third-order valence-electron chi connectivity index (χ3n) is 4.77. The number of hydrogen-bond donors (Lipinski definition) is 2. The van der Waals surface area contributed by atoms with Crippen molar-refractivity contribution < 1.29 is 4.79 Å². The summed E-state index contributed by atoms with van der Waals surface area (Å²) < 4.78 is 0. The molecule has 0 bridgehead atoms. The number of aromatic nitrogens is 2. The molecule has 1 amide bonds. The van der Waals surface area contributed by atoms with E-state index in [0.717, 1.165) is 22.3 Å². The van der Waals surface area contributed by atoms with Crippen molar-refractivity contribution >= 4 is 34.8 Å². The zero-order valence-corrected chi connectivity index (χ0v) is 18.1. The minimum Gasteiger partial charge on any atom is -0.272 e. The summed E-state index contributed by atoms with van der Waals surface area (Å²) in [6, 6.07) is 25.0. The van der Waals surface area contributed by atoms with Crippen molar-refractivity contribution in [1.29, 1.82) is 0 Å². The second-order valence-electron chi connectivity index (χ2n) is 6.88. The van der Waals surface area contributed by atoms with E-state index >= 15 is 0 Å². The van der Waals surface area contributed by atoms with E-state index in [2.05, 4.69) is 32.9 Å². The van der Waals surface area contributed by atoms with Gasteiger partial charge in [-0.2, -0.15) is 10.2 Å². The fourth-order valence-electron chi connectivity index (χ4n) is 3.04. The van der Waals surface area contributed by atoms with Crippen molar-refractivity contribution in [1.82, 2.24) is 15.6 Å². The Morgan fingerprint density at radius 2 is 1.55 bits per heavy atom. The molecule has 5 nitrogen and oxygen atoms in total. The molecule has 31 heavy (non-hydrogen) atoms. The van der Waals surface area contributed by atoms with Gasteiger partial charge in [-0.3, -0.25) is 9.89 Å². The molecular formula is C24H18Cl2N4O. The lowest BCUT2D eigenvalue weighted by Crippen LogP contribution is -2.19. The van der Waals surface area contributed by atoms with E-state index in [1.54, 1.807) is 24.3 Å². The number of benzene rings is 3. The zero-order valence-electron chi connectivity index (χ0n) is 16.6. The lowest BCUT2D eigenvalue weighted by molar-refractivity contribution is 0.0950. The van der Waals surface area contributed by atoms with Crippen molar-refractivity contribution in [3.8, 4) is 22.4 Å². The first-order valence-corrected chi connectivity index (χ1v) is 10.3. The summed E-state index contributed by atoms with van der Waals surface area (Å²) in [7, 11) is 0. The Labute approximate surface area is 189 Å². The van der Waals surface area contributed by atoms with E-state index in [1.807, 2.05) is 49.4 Å². The minimum absolute atomic E-state index is 0.289. The molecule has 1 heterocycles. The zero-order chi connectivity index (χ0) is 21.8. The third kappa shape index (κ3) is 4.85. The number of nitrogens with zero attached hydrogens (tertiary/aromatic N) is 2. The molecule has 2 N–H and O–H groups in total. The first-order chi connectivity index (χ1) is 15.0. The van der Waals surface area contributed by atoms with Gasteiger partial charge in [0.25, 0.3) is 5.91 Å². The Balaban J connectivity index is 1.44. The van der Waals surface area contributed by atoms with E-state index in [9.17, 15) is 4.79 Å². The van der Waals surface area contributed by atoms with Crippen molar-refractivity contribution in [2.75, 3.05) is 0 Å². The number of carbonyl (C=O) groups excluding carboxylic acids is 1. The second-order valence-corrected chi connectivity index (χ2v) is 7.69. The maximum absolute atomic E-state index is 12.4. The van der Waals surface area contributed by atoms with Gasteiger partial charge in [0.05, 0.1) is 21.5 Å². The predicted octanol–water partition coefficient (Wildman–Crippen LogP) is 6.20. The largest absolute Gasteiger partial charge is 0.289 e. The Morgan fingerprint density at radius 1 is 0.871 bits per heavy atom. The van der Waals surface area contributed by atoms with Gasteiger partial charge in [0, 0.05) is 5.56 Å². The molecule has 0 saturated carbocycles. The van der Waals surface area contributed by atoms with Crippen LogP contribution in [0.4, 0.5) is 0 Å². The highest BCUT2D eigenvalue weighted by molar-refractivity contribution is 6.42. The number of amides is 1. The van der Waals surface area contributed by atoms with E-state index in [-0.39, 0.29) is 11.6 Å². The number of carbonyl (C=O) groups is 1. The number of hydrogen-bond acceptors (Lipinski definition) is 3. The molecule has 0 fully saturated rings. The maximum Gasteiger partial charge on any atom is 0.289 e. The van der Waals surface area contributed by atoms with Crippen LogP contribution in [0, 0.1) is 0 Å². The minimum atomic E-state index is -0.390. The van der Waals surface area contributed by atoms with E-state index in [0.29, 0.717) is 21.5 Å². The highest BCUT2D eigenvalue weighted by Gasteiger charge is 2.12. The highest BCUT2D eigenvalue weighted by Crippen LogP contribution is 2.27. The lowest BCUT2D eigenvalue weighted by atomic mass is 10.0. The number of H-pyrrole nitrogens is 1. The van der Waals surface area contributed by atoms with E-state index in [1.165, 1.54) is 0 Å². The van der Waals surface area contributed by atoms with Gasteiger partial charge in [-0.05, 0) is 41.8 Å². The number of rotatable bonds is 5. The summed E-state index contributed by atoms with van der Waals surface area (Å²) in [6.07, 6.45) is 0. The van der Waals surface area contributed by atoms with Gasteiger partial charge in [0.15, 0.2) is 0 Å². The molecule has 4 rings (SSSR count). The summed E-state index contributed by atoms with van der Waals surface area (Å²) >= 11 is 12.0. The Hall–Kier alpha value is -3.41. The molecule has 0 aliphatic carbocycles. The van der Waals surface area contributed by atoms with Crippen LogP contribution < -0.4 is 5.43 Å². The molecule has 0 radical (unpaired) electrons. The summed E-state index contributed by atoms with van der Waals surface area (Å²) in [4.78, 5) is 12.4. The maximum atomic E-state index is 12.4. The number of hydrazone groups is 1. The normalized spacial score (nSPS) is 11.4. The summed E-state index contributed by atoms with van der Waals surface area (Å²) in [6.45, 7) is 1.84. The van der Waals surface area contributed by atoms with Crippen molar-refractivity contribution in [2.45, 2.75) is 6.92 Å². The molecule has 7 heteroatoms. The van der Waals surface area contributed by atoms with E-state index < -0.39 is 0 Å². The van der Waals surface area contributed by atoms with Crippen LogP contribution in [0.3, 0.4) is 0 Å². The first kappa shape index (κ1) is 20.8. The fourth-order valence-corrected chi connectivity index (χ4v) is 3.33. The van der Waals surface area contributed by atoms with Crippen LogP contribution in [0.25, 0.3) is 22.4 Å². The third-order valence-corrected chi connectivity index (χ3v) is 5.51. The SMILES string of the molecule is CC(=NNC(=O)c1cc(-c2ccc(Cl)c(Cl)c2)n[nH]1)c1ccc(-c2ccccc2)cc1. The molecule has 0 aliphatic heterocycles. The smallest absolute Gasteiger partial charge is 0.272 e. The van der Waals surface area contributed by atoms with Gasteiger partial charge < -0.3 is 0 Å². The molecule has 154 valence electrons. The van der Waals surface area contributed by atoms with Crippen LogP contribution in [-0.4, -0.2) is 21.8 Å². The first-order valence-electron chi connectivity index (χ1n) is 9.52. The summed E-state index contributed by atoms with van der Waals surface area (Å²) in [5.74, 6) is -0.390. The average Bonchev–Trinajstić information content (AvgIpc) is 3.30. The molecule has 4 aromatic rings. The fraction of sp³-hybridized carbons (Fsp3) is 0.0417. The van der Waals surface area contributed by atoms with Crippen LogP contribution in [-0.2, 0) is 0 Å². The topological polar surface area (TPSA) is 70.1 Å². The van der Waals surface area contributed by atoms with Crippen molar-refractivity contribution in [2.24, 2.45) is 5.10 Å². The van der Waals surface area contributed by atoms with Gasteiger partial charge in [-0.15, -0.1) is 0 Å². The number of aromatic amines is 1. The molecule has 1 aromatic heterocycles. The number of nitrogens with one attached hydrogen (secondary N) is 2. The summed E-state index contributed by atoms with van der Waals surface area (Å²) in [5, 5.41) is 12.0. The quantitative estimate of drug-likeness (QED) is 0.281. The monoisotopic (exact) mass is 448 g/mol. The van der Waals surface area contributed by atoms with Gasteiger partial charge in [-0.1, -0.05) is 83.9 Å². The molecule has 0 spiro atoms. The van der Waals surface area contributed by atoms with Crippen LogP contribution >= 0.6 is 23.2 Å². The van der Waals surface area contributed by atoms with Gasteiger partial charge in [0.1, 0.15) is 5.69 Å². The summed E-state index contributed by atoms with van der Waals surface area (Å²) in [5.41, 5.74) is 8.06. The second kappa shape index (κ2) is 9.16. The standard InChI is InChI=1S/C24H18Cl2N4O/c1-15(16-7-9-18(10-8-16)17-5-3-2-4-6-17)27-30-24(31)23-14-22(28-29-23)19-11-12-20(25)21(26)13-19/h2-14H,1H3,(H,28,29)(H,30,31). The molecule has 0 saturated heterocycles. The molecule has 3 aromatic carbocycles. The Bertz CT molecular complexity index is 1250. The molecular weight excluding hydrogens is 431 g/mol. The van der Waals surface area contributed by atoms with Gasteiger partial charge >= 0.3 is 0 Å². The van der Waals surface area contributed by atoms with Crippen LogP contribution in [0.2, 0.25) is 10.0 Å². The van der Waals surface area contributed by atoms with Crippen molar-refractivity contribution in [3.63, 3.8) is 0 Å². The van der Waals surface area contributed by atoms with Crippen molar-refractivity contribution in [3.05, 3.63) is 100 Å². The van der Waals surface area contributed by atoms with Crippen LogP contribution in [0.5, 0.6) is 0 Å². The average molecular weight is 449 g/mol. The Kier molecular flexibility index (Phi) is 6.16. The van der Waals surface area contributed by atoms with Crippen LogP contribution in [0.1, 0.15) is 23.0 Å². The molecule has 0 aliphatic rings. The predicted molar refractivity (Wildman–Crippen MR) is 126 cm³/mol.